The molecule has 0 amide bonds. The van der Waals surface area contributed by atoms with Crippen LogP contribution in [0.4, 0.5) is 5.69 Å². The van der Waals surface area contributed by atoms with Crippen LogP contribution in [0.25, 0.3) is 5.69 Å². The molecule has 0 spiro atoms. The summed E-state index contributed by atoms with van der Waals surface area (Å²) >= 11 is 0. The molecule has 0 fully saturated rings. The van der Waals surface area contributed by atoms with Crippen LogP contribution in [0.1, 0.15) is 17.0 Å². The number of para-hydroxylation sites is 2. The normalized spacial score (nSPS) is 10.9. The maximum absolute atomic E-state index is 9.11. The first kappa shape index (κ1) is 15.3. The quantitative estimate of drug-likeness (QED) is 0.733. The van der Waals surface area contributed by atoms with Gasteiger partial charge in [0.15, 0.2) is 0 Å². The topological polar surface area (TPSA) is 67.9 Å². The monoisotopic (exact) mass is 311 g/mol. The fourth-order valence-corrected chi connectivity index (χ4v) is 2.72. The van der Waals surface area contributed by atoms with Crippen LogP contribution in [0.2, 0.25) is 0 Å². The molecule has 0 aliphatic carbocycles. The number of benzene rings is 1. The zero-order valence-corrected chi connectivity index (χ0v) is 13.4. The molecule has 120 valence electrons. The number of hydrogen-bond acceptors (Lipinski definition) is 4. The van der Waals surface area contributed by atoms with Crippen LogP contribution in [0.5, 0.6) is 0 Å². The van der Waals surface area contributed by atoms with Crippen molar-refractivity contribution in [3.05, 3.63) is 59.7 Å². The molecule has 0 aliphatic rings. The second-order valence-electron chi connectivity index (χ2n) is 5.42. The third-order valence-corrected chi connectivity index (χ3v) is 3.95. The fraction of sp³-hybridized carbons (Fsp3) is 0.294. The number of aliphatic hydroxyl groups is 1. The molecule has 0 aliphatic heterocycles. The van der Waals surface area contributed by atoms with Crippen LogP contribution in [-0.2, 0) is 13.1 Å². The number of hydrogen-bond donors (Lipinski definition) is 2. The largest absolute Gasteiger partial charge is 0.394 e. The SMILES string of the molecule is Cc1nn(CCO)c(C)c1CNc1ccccc1-n1cccn1. The van der Waals surface area contributed by atoms with E-state index in [0.717, 1.165) is 28.3 Å². The smallest absolute Gasteiger partial charge is 0.0876 e. The lowest BCUT2D eigenvalue weighted by molar-refractivity contribution is 0.268. The summed E-state index contributed by atoms with van der Waals surface area (Å²) in [5, 5.41) is 21.4. The van der Waals surface area contributed by atoms with Crippen LogP contribution < -0.4 is 5.32 Å². The molecular formula is C17H21N5O. The number of nitrogens with zero attached hydrogens (tertiary/aromatic N) is 4. The highest BCUT2D eigenvalue weighted by atomic mass is 16.3. The number of aromatic nitrogens is 4. The first-order chi connectivity index (χ1) is 11.2. The zero-order valence-electron chi connectivity index (χ0n) is 13.4. The van der Waals surface area contributed by atoms with Gasteiger partial charge < -0.3 is 10.4 Å². The van der Waals surface area contributed by atoms with Crippen molar-refractivity contribution in [1.82, 2.24) is 19.6 Å². The molecule has 6 nitrogen and oxygen atoms in total. The molecule has 0 saturated carbocycles. The van der Waals surface area contributed by atoms with E-state index >= 15 is 0 Å². The van der Waals surface area contributed by atoms with Gasteiger partial charge in [-0.3, -0.25) is 4.68 Å². The first-order valence-electron chi connectivity index (χ1n) is 7.67. The number of aryl methyl sites for hydroxylation is 1. The van der Waals surface area contributed by atoms with Crippen LogP contribution in [0, 0.1) is 13.8 Å². The molecule has 0 unspecified atom stereocenters. The molecule has 23 heavy (non-hydrogen) atoms. The van der Waals surface area contributed by atoms with E-state index in [1.54, 1.807) is 6.20 Å². The third kappa shape index (κ3) is 3.12. The molecule has 3 rings (SSSR count). The van der Waals surface area contributed by atoms with Crippen molar-refractivity contribution < 1.29 is 5.11 Å². The molecule has 0 saturated heterocycles. The van der Waals surface area contributed by atoms with Crippen molar-refractivity contribution in [3.8, 4) is 5.69 Å². The molecule has 0 atom stereocenters. The number of rotatable bonds is 6. The molecule has 1 aromatic carbocycles. The molecule has 2 heterocycles. The van der Waals surface area contributed by atoms with Crippen molar-refractivity contribution in [2.75, 3.05) is 11.9 Å². The third-order valence-electron chi connectivity index (χ3n) is 3.95. The molecular weight excluding hydrogens is 290 g/mol. The van der Waals surface area contributed by atoms with Gasteiger partial charge >= 0.3 is 0 Å². The maximum Gasteiger partial charge on any atom is 0.0876 e. The van der Waals surface area contributed by atoms with Gasteiger partial charge in [0.05, 0.1) is 30.2 Å². The number of aliphatic hydroxyl groups excluding tert-OH is 1. The summed E-state index contributed by atoms with van der Waals surface area (Å²) in [5.41, 5.74) is 5.26. The van der Waals surface area contributed by atoms with E-state index in [0.29, 0.717) is 13.1 Å². The molecule has 3 aromatic rings. The second-order valence-corrected chi connectivity index (χ2v) is 5.42. The fourth-order valence-electron chi connectivity index (χ4n) is 2.72. The van der Waals surface area contributed by atoms with Gasteiger partial charge in [-0.05, 0) is 32.0 Å². The average Bonchev–Trinajstić information content (AvgIpc) is 3.17. The highest BCUT2D eigenvalue weighted by Gasteiger charge is 2.12. The van der Waals surface area contributed by atoms with Crippen LogP contribution in [-0.4, -0.2) is 31.3 Å². The predicted octanol–water partition coefficient (Wildman–Crippen LogP) is 2.29. The summed E-state index contributed by atoms with van der Waals surface area (Å²) in [4.78, 5) is 0. The second kappa shape index (κ2) is 6.66. The Bertz CT molecular complexity index is 776. The highest BCUT2D eigenvalue weighted by molar-refractivity contribution is 5.60. The number of anilines is 1. The van der Waals surface area contributed by atoms with Gasteiger partial charge in [0.1, 0.15) is 0 Å². The highest BCUT2D eigenvalue weighted by Crippen LogP contribution is 2.21. The van der Waals surface area contributed by atoms with E-state index in [1.807, 2.05) is 59.7 Å². The summed E-state index contributed by atoms with van der Waals surface area (Å²) in [7, 11) is 0. The van der Waals surface area contributed by atoms with E-state index in [-0.39, 0.29) is 6.61 Å². The van der Waals surface area contributed by atoms with E-state index < -0.39 is 0 Å². The lowest BCUT2D eigenvalue weighted by Crippen LogP contribution is -2.08. The van der Waals surface area contributed by atoms with Crippen molar-refractivity contribution >= 4 is 5.69 Å². The standard InChI is InChI=1S/C17H21N5O/c1-13-15(14(2)21(20-13)10-11-23)12-18-16-6-3-4-7-17(16)22-9-5-8-19-22/h3-9,18,23H,10-12H2,1-2H3. The van der Waals surface area contributed by atoms with E-state index in [1.165, 1.54) is 0 Å². The van der Waals surface area contributed by atoms with Crippen molar-refractivity contribution in [3.63, 3.8) is 0 Å². The summed E-state index contributed by atoms with van der Waals surface area (Å²) in [5.74, 6) is 0. The van der Waals surface area contributed by atoms with Gasteiger partial charge in [-0.25, -0.2) is 4.68 Å². The Hall–Kier alpha value is -2.60. The van der Waals surface area contributed by atoms with Gasteiger partial charge in [-0.15, -0.1) is 0 Å². The Morgan fingerprint density at radius 2 is 2.00 bits per heavy atom. The molecule has 6 heteroatoms. The van der Waals surface area contributed by atoms with Crippen LogP contribution in [0.15, 0.2) is 42.7 Å². The summed E-state index contributed by atoms with van der Waals surface area (Å²) in [6.07, 6.45) is 3.69. The van der Waals surface area contributed by atoms with Gasteiger partial charge in [0, 0.05) is 30.2 Å². The Morgan fingerprint density at radius 3 is 2.74 bits per heavy atom. The minimum Gasteiger partial charge on any atom is -0.394 e. The Morgan fingerprint density at radius 1 is 1.17 bits per heavy atom. The molecule has 0 radical (unpaired) electrons. The minimum absolute atomic E-state index is 0.0942. The van der Waals surface area contributed by atoms with Gasteiger partial charge in [0.2, 0.25) is 0 Å². The molecule has 2 N–H and O–H groups in total. The zero-order chi connectivity index (χ0) is 16.2. The Labute approximate surface area is 135 Å². The van der Waals surface area contributed by atoms with Crippen LogP contribution >= 0.6 is 0 Å². The minimum atomic E-state index is 0.0942. The van der Waals surface area contributed by atoms with E-state index in [4.69, 9.17) is 5.11 Å². The lowest BCUT2D eigenvalue weighted by atomic mass is 10.2. The molecule has 2 aromatic heterocycles. The van der Waals surface area contributed by atoms with Crippen molar-refractivity contribution in [1.29, 1.82) is 0 Å². The summed E-state index contributed by atoms with van der Waals surface area (Å²) in [6, 6.07) is 9.98. The summed E-state index contributed by atoms with van der Waals surface area (Å²) in [6.45, 7) is 5.33. The maximum atomic E-state index is 9.11. The van der Waals surface area contributed by atoms with Gasteiger partial charge in [-0.1, -0.05) is 12.1 Å². The van der Waals surface area contributed by atoms with E-state index in [2.05, 4.69) is 15.5 Å². The lowest BCUT2D eigenvalue weighted by Gasteiger charge is -2.12. The Kier molecular flexibility index (Phi) is 4.43. The first-order valence-corrected chi connectivity index (χ1v) is 7.67. The average molecular weight is 311 g/mol. The van der Waals surface area contributed by atoms with Gasteiger partial charge in [0.25, 0.3) is 0 Å². The Balaban J connectivity index is 1.82. The molecule has 0 bridgehead atoms. The summed E-state index contributed by atoms with van der Waals surface area (Å²) < 4.78 is 3.70. The van der Waals surface area contributed by atoms with Gasteiger partial charge in [-0.2, -0.15) is 10.2 Å². The number of nitrogens with one attached hydrogen (secondary N) is 1. The van der Waals surface area contributed by atoms with Crippen molar-refractivity contribution in [2.45, 2.75) is 26.9 Å². The van der Waals surface area contributed by atoms with Crippen molar-refractivity contribution in [2.24, 2.45) is 0 Å². The van der Waals surface area contributed by atoms with E-state index in [9.17, 15) is 0 Å². The van der Waals surface area contributed by atoms with Crippen LogP contribution in [0.3, 0.4) is 0 Å². The predicted molar refractivity (Wildman–Crippen MR) is 89.7 cm³/mol.